The van der Waals surface area contributed by atoms with E-state index < -0.39 is 17.9 Å². The van der Waals surface area contributed by atoms with Gasteiger partial charge in [0.05, 0.1) is 11.7 Å². The first-order valence-corrected chi connectivity index (χ1v) is 13.4. The molecule has 0 saturated heterocycles. The van der Waals surface area contributed by atoms with Crippen LogP contribution >= 0.6 is 11.3 Å². The zero-order valence-electron chi connectivity index (χ0n) is 23.8. The van der Waals surface area contributed by atoms with Gasteiger partial charge in [-0.05, 0) is 46.8 Å². The largest absolute Gasteiger partial charge is 0.481 e. The van der Waals surface area contributed by atoms with Gasteiger partial charge in [-0.25, -0.2) is 4.98 Å². The molecule has 9 N–H and O–H groups in total. The van der Waals surface area contributed by atoms with Crippen molar-refractivity contribution in [3.8, 4) is 21.6 Å². The van der Waals surface area contributed by atoms with E-state index >= 15 is 0 Å². The van der Waals surface area contributed by atoms with Crippen molar-refractivity contribution in [1.29, 1.82) is 0 Å². The van der Waals surface area contributed by atoms with Gasteiger partial charge in [0.15, 0.2) is 0 Å². The first-order chi connectivity index (χ1) is 20.3. The third kappa shape index (κ3) is 10.9. The fourth-order valence-corrected chi connectivity index (χ4v) is 4.76. The van der Waals surface area contributed by atoms with Gasteiger partial charge in [-0.3, -0.25) is 19.5 Å². The number of thiophene rings is 1. The molecule has 0 saturated carbocycles. The fourth-order valence-electron chi connectivity index (χ4n) is 3.69. The van der Waals surface area contributed by atoms with Crippen molar-refractivity contribution in [2.75, 3.05) is 18.0 Å². The van der Waals surface area contributed by atoms with Crippen LogP contribution in [0.1, 0.15) is 26.3 Å². The molecule has 13 nitrogen and oxygen atoms in total. The molecular weight excluding hydrogens is 574 g/mol. The van der Waals surface area contributed by atoms with Gasteiger partial charge in [0.25, 0.3) is 17.9 Å². The lowest BCUT2D eigenvalue weighted by Gasteiger charge is -2.08. The van der Waals surface area contributed by atoms with Crippen molar-refractivity contribution in [3.63, 3.8) is 0 Å². The van der Waals surface area contributed by atoms with Crippen LogP contribution in [0.3, 0.4) is 0 Å². The van der Waals surface area contributed by atoms with Crippen molar-refractivity contribution in [3.05, 3.63) is 67.0 Å². The summed E-state index contributed by atoms with van der Waals surface area (Å²) >= 11 is 1.75. The van der Waals surface area contributed by atoms with Crippen molar-refractivity contribution in [2.45, 2.75) is 27.3 Å². The van der Waals surface area contributed by atoms with Crippen LogP contribution in [0, 0.1) is 0 Å². The smallest absolute Gasteiger partial charge is 0.300 e. The zero-order valence-corrected chi connectivity index (χ0v) is 24.6. The number of rotatable bonds is 6. The molecule has 14 heteroatoms. The number of benzene rings is 2. The Morgan fingerprint density at radius 1 is 0.953 bits per heavy atom. The van der Waals surface area contributed by atoms with E-state index in [0.29, 0.717) is 5.82 Å². The number of nitrogens with two attached hydrogens (primary N) is 2. The molecule has 0 aliphatic rings. The van der Waals surface area contributed by atoms with Gasteiger partial charge in [0.1, 0.15) is 5.82 Å². The van der Waals surface area contributed by atoms with E-state index in [1.807, 2.05) is 18.3 Å². The minimum Gasteiger partial charge on any atom is -0.481 e. The Balaban J connectivity index is 0.000000462. The molecule has 0 amide bonds. The highest BCUT2D eigenvalue weighted by molar-refractivity contribution is 7.22. The summed E-state index contributed by atoms with van der Waals surface area (Å²) in [6.07, 6.45) is 5.34. The molecule has 0 unspecified atom stereocenters. The predicted octanol–water partition coefficient (Wildman–Crippen LogP) is 4.61. The van der Waals surface area contributed by atoms with E-state index in [1.165, 1.54) is 15.6 Å². The molecule has 0 fully saturated rings. The van der Waals surface area contributed by atoms with E-state index in [9.17, 15) is 0 Å². The molecule has 0 bridgehead atoms. The Bertz CT molecular complexity index is 1690. The minimum atomic E-state index is -0.833. The van der Waals surface area contributed by atoms with Gasteiger partial charge >= 0.3 is 0 Å². The van der Waals surface area contributed by atoms with Crippen LogP contribution in [0.4, 0.5) is 11.8 Å². The monoisotopic (exact) mass is 607 g/mol. The summed E-state index contributed by atoms with van der Waals surface area (Å²) in [6.45, 7) is 8.59. The third-order valence-electron chi connectivity index (χ3n) is 5.16. The summed E-state index contributed by atoms with van der Waals surface area (Å²) in [5.74, 6) is -1.98. The fraction of sp³-hybridized carbons (Fsp3) is 0.172. The molecule has 5 rings (SSSR count). The number of fused-ring (bicyclic) bond motifs is 2. The summed E-state index contributed by atoms with van der Waals surface area (Å²) in [5.41, 5.74) is 16.8. The van der Waals surface area contributed by atoms with Crippen LogP contribution in [-0.2, 0) is 20.9 Å². The van der Waals surface area contributed by atoms with E-state index in [4.69, 9.17) is 41.2 Å². The Hall–Kier alpha value is -5.34. The van der Waals surface area contributed by atoms with Gasteiger partial charge in [-0.15, -0.1) is 17.9 Å². The Labute approximate surface area is 250 Å². The number of hydrogen-bond acceptors (Lipinski definition) is 10. The second kappa shape index (κ2) is 16.2. The SMILES string of the molecule is C=CCNCc1ccc2sc(-c3cc(-c4cnc(N)nc4N)cc4cn[nH]c34)cc2c1.CC(=O)O.CC(=O)O.CC(=O)O. The van der Waals surface area contributed by atoms with E-state index in [2.05, 4.69) is 62.4 Å². The van der Waals surface area contributed by atoms with Gasteiger partial charge in [-0.2, -0.15) is 10.1 Å². The summed E-state index contributed by atoms with van der Waals surface area (Å²) < 4.78 is 1.23. The second-order valence-corrected chi connectivity index (χ2v) is 9.93. The number of anilines is 2. The molecule has 3 heterocycles. The molecule has 226 valence electrons. The Morgan fingerprint density at radius 2 is 1.60 bits per heavy atom. The van der Waals surface area contributed by atoms with Crippen LogP contribution in [0.15, 0.2) is 61.4 Å². The molecule has 0 radical (unpaired) electrons. The standard InChI is InChI=1S/C23H21N7S.3C2H4O2/c1-2-5-26-10-13-3-4-19-15(6-13)9-20(31-19)17-8-14(7-16-11-28-30-21(16)17)18-12-27-23(25)29-22(18)24;3*1-2(3)4/h2-4,6-9,11-12,26H,1,5,10H2,(H,28,30)(H4,24,25,27,29);3*1H3,(H,3,4). The van der Waals surface area contributed by atoms with Crippen LogP contribution in [0.2, 0.25) is 0 Å². The Kier molecular flexibility index (Phi) is 12.8. The summed E-state index contributed by atoms with van der Waals surface area (Å²) in [6, 6.07) is 12.9. The Morgan fingerprint density at radius 3 is 2.21 bits per heavy atom. The number of carbonyl (C=O) groups is 3. The van der Waals surface area contributed by atoms with Crippen molar-refractivity contribution in [2.24, 2.45) is 0 Å². The predicted molar refractivity (Wildman–Crippen MR) is 169 cm³/mol. The molecule has 3 aromatic heterocycles. The lowest BCUT2D eigenvalue weighted by molar-refractivity contribution is -0.135. The molecule has 5 aromatic rings. The van der Waals surface area contributed by atoms with E-state index in [-0.39, 0.29) is 5.95 Å². The molecule has 2 aromatic carbocycles. The van der Waals surface area contributed by atoms with Crippen LogP contribution in [0.25, 0.3) is 42.6 Å². The van der Waals surface area contributed by atoms with Crippen LogP contribution in [0.5, 0.6) is 0 Å². The topological polar surface area (TPSA) is 230 Å². The van der Waals surface area contributed by atoms with Crippen LogP contribution in [-0.4, -0.2) is 59.9 Å². The number of aromatic nitrogens is 4. The number of nitrogen functional groups attached to an aromatic ring is 2. The second-order valence-electron chi connectivity index (χ2n) is 8.84. The number of carboxylic acid groups (broad SMARTS) is 3. The maximum absolute atomic E-state index is 9.00. The zero-order chi connectivity index (χ0) is 32.1. The number of carboxylic acids is 3. The number of nitrogens with one attached hydrogen (secondary N) is 2. The number of hydrogen-bond donors (Lipinski definition) is 7. The number of aliphatic carboxylic acids is 3. The first kappa shape index (κ1) is 33.9. The number of aromatic amines is 1. The minimum absolute atomic E-state index is 0.161. The van der Waals surface area contributed by atoms with E-state index in [0.717, 1.165) is 66.3 Å². The summed E-state index contributed by atoms with van der Waals surface area (Å²) in [5, 5.41) is 35.2. The lowest BCUT2D eigenvalue weighted by atomic mass is 10.0. The first-order valence-electron chi connectivity index (χ1n) is 12.6. The molecule has 43 heavy (non-hydrogen) atoms. The maximum Gasteiger partial charge on any atom is 0.300 e. The molecule has 0 aliphatic carbocycles. The summed E-state index contributed by atoms with van der Waals surface area (Å²) in [4.78, 5) is 36.4. The molecule has 0 spiro atoms. The highest BCUT2D eigenvalue weighted by Crippen LogP contribution is 2.40. The lowest BCUT2D eigenvalue weighted by Crippen LogP contribution is -2.12. The summed E-state index contributed by atoms with van der Waals surface area (Å²) in [7, 11) is 0. The van der Waals surface area contributed by atoms with Gasteiger partial charge < -0.3 is 32.1 Å². The average Bonchev–Trinajstić information content (AvgIpc) is 3.54. The third-order valence-corrected chi connectivity index (χ3v) is 6.31. The molecular formula is C29H33N7O6S. The normalized spacial score (nSPS) is 9.93. The van der Waals surface area contributed by atoms with Crippen molar-refractivity contribution >= 4 is 62.0 Å². The van der Waals surface area contributed by atoms with Crippen molar-refractivity contribution < 1.29 is 29.7 Å². The van der Waals surface area contributed by atoms with Gasteiger partial charge in [0.2, 0.25) is 5.95 Å². The quantitative estimate of drug-likeness (QED) is 0.104. The number of nitrogens with zero attached hydrogens (tertiary/aromatic N) is 3. The molecule has 0 atom stereocenters. The van der Waals surface area contributed by atoms with Crippen molar-refractivity contribution in [1.82, 2.24) is 25.5 Å². The number of H-pyrrole nitrogens is 1. The van der Waals surface area contributed by atoms with Gasteiger partial charge in [-0.1, -0.05) is 12.1 Å². The highest BCUT2D eigenvalue weighted by Gasteiger charge is 2.15. The van der Waals surface area contributed by atoms with Crippen LogP contribution < -0.4 is 16.8 Å². The maximum atomic E-state index is 9.00. The average molecular weight is 608 g/mol. The van der Waals surface area contributed by atoms with E-state index in [1.54, 1.807) is 17.5 Å². The van der Waals surface area contributed by atoms with Gasteiger partial charge in [0, 0.05) is 66.1 Å². The highest BCUT2D eigenvalue weighted by atomic mass is 32.1. The molecule has 0 aliphatic heterocycles.